The van der Waals surface area contributed by atoms with Gasteiger partial charge in [-0.2, -0.15) is 0 Å². The summed E-state index contributed by atoms with van der Waals surface area (Å²) < 4.78 is 0. The average Bonchev–Trinajstić information content (AvgIpc) is 2.94. The summed E-state index contributed by atoms with van der Waals surface area (Å²) in [6.45, 7) is 5.29. The molecule has 1 aliphatic rings. The van der Waals surface area contributed by atoms with Gasteiger partial charge in [0.15, 0.2) is 5.13 Å². The monoisotopic (exact) mass is 338 g/mol. The summed E-state index contributed by atoms with van der Waals surface area (Å²) in [6, 6.07) is 0.566. The predicted octanol–water partition coefficient (Wildman–Crippen LogP) is 1.83. The molecular weight excluding hydrogens is 312 g/mol. The van der Waals surface area contributed by atoms with Gasteiger partial charge in [-0.15, -0.1) is 11.3 Å². The molecule has 0 aliphatic carbocycles. The Labute approximate surface area is 141 Å². The number of thiazole rings is 1. The second-order valence-corrected chi connectivity index (χ2v) is 7.40. The maximum absolute atomic E-state index is 12.4. The van der Waals surface area contributed by atoms with Crippen molar-refractivity contribution in [3.8, 4) is 0 Å². The van der Waals surface area contributed by atoms with Crippen molar-refractivity contribution in [3.63, 3.8) is 0 Å². The summed E-state index contributed by atoms with van der Waals surface area (Å²) in [5.74, 6) is -0.0146. The molecule has 2 rings (SSSR count). The molecule has 0 atom stereocenters. The zero-order valence-electron chi connectivity index (χ0n) is 14.3. The topological polar surface area (TPSA) is 65.5 Å². The smallest absolute Gasteiger partial charge is 0.228 e. The predicted molar refractivity (Wildman–Crippen MR) is 92.6 cm³/mol. The van der Waals surface area contributed by atoms with Crippen LogP contribution in [-0.4, -0.2) is 59.8 Å². The normalized spacial score (nSPS) is 16.2. The molecule has 23 heavy (non-hydrogen) atoms. The van der Waals surface area contributed by atoms with Crippen molar-refractivity contribution in [2.75, 3.05) is 32.5 Å². The first-order valence-electron chi connectivity index (χ1n) is 8.06. The van der Waals surface area contributed by atoms with Gasteiger partial charge in [0, 0.05) is 30.4 Å². The molecule has 1 aromatic rings. The lowest BCUT2D eigenvalue weighted by molar-refractivity contribution is -0.132. The van der Waals surface area contributed by atoms with E-state index in [2.05, 4.69) is 29.3 Å². The van der Waals surface area contributed by atoms with Crippen LogP contribution in [0.25, 0.3) is 0 Å². The van der Waals surface area contributed by atoms with Crippen molar-refractivity contribution in [2.24, 2.45) is 5.92 Å². The van der Waals surface area contributed by atoms with E-state index >= 15 is 0 Å². The molecule has 0 unspecified atom stereocenters. The molecule has 2 amide bonds. The minimum atomic E-state index is -0.0815. The van der Waals surface area contributed by atoms with Crippen molar-refractivity contribution in [1.82, 2.24) is 14.8 Å². The Morgan fingerprint density at radius 3 is 2.61 bits per heavy atom. The summed E-state index contributed by atoms with van der Waals surface area (Å²) >= 11 is 1.37. The van der Waals surface area contributed by atoms with Crippen molar-refractivity contribution in [1.29, 1.82) is 0 Å². The highest BCUT2D eigenvalue weighted by atomic mass is 32.1. The van der Waals surface area contributed by atoms with Crippen molar-refractivity contribution in [3.05, 3.63) is 11.1 Å². The lowest BCUT2D eigenvalue weighted by Crippen LogP contribution is -2.45. The van der Waals surface area contributed by atoms with Gasteiger partial charge in [0.1, 0.15) is 0 Å². The fraction of sp³-hybridized carbons (Fsp3) is 0.688. The first kappa shape index (κ1) is 17.9. The van der Waals surface area contributed by atoms with E-state index in [1.54, 1.807) is 0 Å². The summed E-state index contributed by atoms with van der Waals surface area (Å²) in [5, 5.41) is 5.19. The second-order valence-electron chi connectivity index (χ2n) is 6.54. The number of hydrogen-bond acceptors (Lipinski definition) is 5. The highest BCUT2D eigenvalue weighted by Crippen LogP contribution is 2.19. The highest BCUT2D eigenvalue weighted by Gasteiger charge is 2.24. The first-order valence-corrected chi connectivity index (χ1v) is 8.94. The van der Waals surface area contributed by atoms with Gasteiger partial charge in [0.2, 0.25) is 11.8 Å². The summed E-state index contributed by atoms with van der Waals surface area (Å²) in [4.78, 5) is 32.5. The average molecular weight is 338 g/mol. The third-order valence-electron chi connectivity index (χ3n) is 4.19. The summed E-state index contributed by atoms with van der Waals surface area (Å²) in [6.07, 6.45) is 2.34. The van der Waals surface area contributed by atoms with Crippen LogP contribution < -0.4 is 5.32 Å². The van der Waals surface area contributed by atoms with Crippen LogP contribution in [0.15, 0.2) is 5.38 Å². The van der Waals surface area contributed by atoms with E-state index in [0.717, 1.165) is 31.6 Å². The van der Waals surface area contributed by atoms with E-state index in [0.29, 0.717) is 17.6 Å². The standard InChI is InChI=1S/C16H26N4O2S/c1-11(2)15(22)18-16-17-12(10-23-16)9-14(21)20-7-5-13(6-8-20)19(3)4/h10-11,13H,5-9H2,1-4H3,(H,17,18,22). The molecule has 0 spiro atoms. The number of nitrogens with one attached hydrogen (secondary N) is 1. The van der Waals surface area contributed by atoms with E-state index in [1.165, 1.54) is 11.3 Å². The van der Waals surface area contributed by atoms with Gasteiger partial charge in [-0.25, -0.2) is 4.98 Å². The fourth-order valence-corrected chi connectivity index (χ4v) is 3.31. The van der Waals surface area contributed by atoms with Crippen LogP contribution in [0, 0.1) is 5.92 Å². The van der Waals surface area contributed by atoms with Gasteiger partial charge in [-0.05, 0) is 26.9 Å². The minimum Gasteiger partial charge on any atom is -0.342 e. The maximum Gasteiger partial charge on any atom is 0.228 e. The van der Waals surface area contributed by atoms with Crippen LogP contribution >= 0.6 is 11.3 Å². The lowest BCUT2D eigenvalue weighted by Gasteiger charge is -2.35. The number of aromatic nitrogens is 1. The zero-order valence-corrected chi connectivity index (χ0v) is 15.2. The number of amides is 2. The number of nitrogens with zero attached hydrogens (tertiary/aromatic N) is 3. The molecule has 0 bridgehead atoms. The molecule has 128 valence electrons. The van der Waals surface area contributed by atoms with E-state index in [9.17, 15) is 9.59 Å². The van der Waals surface area contributed by atoms with Gasteiger partial charge in [0.25, 0.3) is 0 Å². The molecule has 0 saturated carbocycles. The largest absolute Gasteiger partial charge is 0.342 e. The number of hydrogen-bond donors (Lipinski definition) is 1. The van der Waals surface area contributed by atoms with E-state index < -0.39 is 0 Å². The Hall–Kier alpha value is -1.47. The van der Waals surface area contributed by atoms with Crippen LogP contribution in [-0.2, 0) is 16.0 Å². The van der Waals surface area contributed by atoms with Crippen molar-refractivity contribution >= 4 is 28.3 Å². The number of carbonyl (C=O) groups excluding carboxylic acids is 2. The molecule has 2 heterocycles. The zero-order chi connectivity index (χ0) is 17.0. The van der Waals surface area contributed by atoms with Crippen LogP contribution in [0.4, 0.5) is 5.13 Å². The van der Waals surface area contributed by atoms with Gasteiger partial charge in [-0.1, -0.05) is 13.8 Å². The molecule has 1 aromatic heterocycles. The first-order chi connectivity index (χ1) is 10.9. The van der Waals surface area contributed by atoms with Gasteiger partial charge < -0.3 is 15.1 Å². The Bertz CT molecular complexity index is 548. The molecule has 1 N–H and O–H groups in total. The Morgan fingerprint density at radius 2 is 2.04 bits per heavy atom. The third-order valence-corrected chi connectivity index (χ3v) is 4.99. The molecule has 0 radical (unpaired) electrons. The van der Waals surface area contributed by atoms with Gasteiger partial charge in [0.05, 0.1) is 12.1 Å². The van der Waals surface area contributed by atoms with Gasteiger partial charge >= 0.3 is 0 Å². The van der Waals surface area contributed by atoms with Crippen molar-refractivity contribution < 1.29 is 9.59 Å². The fourth-order valence-electron chi connectivity index (χ4n) is 2.59. The number of anilines is 1. The summed E-state index contributed by atoms with van der Waals surface area (Å²) in [7, 11) is 4.18. The Kier molecular flexibility index (Phi) is 6.12. The highest BCUT2D eigenvalue weighted by molar-refractivity contribution is 7.13. The Morgan fingerprint density at radius 1 is 1.39 bits per heavy atom. The van der Waals surface area contributed by atoms with E-state index in [4.69, 9.17) is 0 Å². The second kappa shape index (κ2) is 7.88. The molecule has 1 fully saturated rings. The molecule has 0 aromatic carbocycles. The maximum atomic E-state index is 12.4. The van der Waals surface area contributed by atoms with Gasteiger partial charge in [-0.3, -0.25) is 9.59 Å². The molecule has 6 nitrogen and oxygen atoms in total. The van der Waals surface area contributed by atoms with Crippen LogP contribution in [0.3, 0.4) is 0 Å². The molecular formula is C16H26N4O2S. The lowest BCUT2D eigenvalue weighted by atomic mass is 10.0. The van der Waals surface area contributed by atoms with E-state index in [-0.39, 0.29) is 17.7 Å². The van der Waals surface area contributed by atoms with Crippen LogP contribution in [0.5, 0.6) is 0 Å². The summed E-state index contributed by atoms with van der Waals surface area (Å²) in [5.41, 5.74) is 0.730. The number of carbonyl (C=O) groups is 2. The van der Waals surface area contributed by atoms with E-state index in [1.807, 2.05) is 24.1 Å². The quantitative estimate of drug-likeness (QED) is 0.889. The van der Waals surface area contributed by atoms with Crippen LogP contribution in [0.2, 0.25) is 0 Å². The van der Waals surface area contributed by atoms with Crippen molar-refractivity contribution in [2.45, 2.75) is 39.2 Å². The third kappa shape index (κ3) is 5.00. The molecule has 7 heteroatoms. The SMILES string of the molecule is CC(C)C(=O)Nc1nc(CC(=O)N2CCC(N(C)C)CC2)cs1. The number of rotatable bonds is 5. The molecule has 1 saturated heterocycles. The Balaban J connectivity index is 1.84. The molecule has 1 aliphatic heterocycles. The number of likely N-dealkylation sites (tertiary alicyclic amines) is 1. The number of piperidine rings is 1. The minimum absolute atomic E-state index is 0.0528. The van der Waals surface area contributed by atoms with Crippen LogP contribution in [0.1, 0.15) is 32.4 Å².